The van der Waals surface area contributed by atoms with Crippen LogP contribution in [0.4, 0.5) is 0 Å². The van der Waals surface area contributed by atoms with Crippen LogP contribution in [-0.4, -0.2) is 68.7 Å². The number of aliphatic carboxylic acids is 1. The van der Waals surface area contributed by atoms with Crippen LogP contribution in [0.2, 0.25) is 0 Å². The second-order valence-electron chi connectivity index (χ2n) is 9.42. The molecule has 220 valence electrons. The lowest BCUT2D eigenvalue weighted by molar-refractivity contribution is -0.140. The maximum atomic E-state index is 13.5. The van der Waals surface area contributed by atoms with Gasteiger partial charge in [-0.3, -0.25) is 29.0 Å². The Bertz CT molecular complexity index is 971. The number of unbranched alkanes of at least 4 members (excludes halogenated alkanes) is 4. The first kappa shape index (κ1) is 34.1. The Hall–Kier alpha value is -2.95. The van der Waals surface area contributed by atoms with E-state index in [2.05, 4.69) is 29.0 Å². The maximum absolute atomic E-state index is 13.5. The summed E-state index contributed by atoms with van der Waals surface area (Å²) in [6.07, 6.45) is 5.01. The zero-order valence-electron chi connectivity index (χ0n) is 22.9. The zero-order chi connectivity index (χ0) is 29.4. The third-order valence-electron chi connectivity index (χ3n) is 5.92. The van der Waals surface area contributed by atoms with Gasteiger partial charge in [0, 0.05) is 32.9 Å². The minimum atomic E-state index is -4.73. The van der Waals surface area contributed by atoms with Gasteiger partial charge in [0.05, 0.1) is 0 Å². The summed E-state index contributed by atoms with van der Waals surface area (Å²) in [5.41, 5.74) is 0.552. The number of phosphoric acid groups is 1. The SMILES string of the molecule is CCCCCN(CCCCC)C(=O)[C@H](CCC(=O)O)NC(=O)[C@@H](Cc1ccc(OP(=O)(O)O)cc1)NC(C)=O. The predicted molar refractivity (Wildman–Crippen MR) is 145 cm³/mol. The Morgan fingerprint density at radius 2 is 1.49 bits per heavy atom. The quantitative estimate of drug-likeness (QED) is 0.123. The number of benzene rings is 1. The van der Waals surface area contributed by atoms with Crippen LogP contribution in [0.25, 0.3) is 0 Å². The van der Waals surface area contributed by atoms with Crippen molar-refractivity contribution in [3.63, 3.8) is 0 Å². The van der Waals surface area contributed by atoms with Gasteiger partial charge in [-0.15, -0.1) is 0 Å². The van der Waals surface area contributed by atoms with Crippen molar-refractivity contribution in [2.24, 2.45) is 0 Å². The van der Waals surface area contributed by atoms with Crippen LogP contribution in [0.15, 0.2) is 24.3 Å². The van der Waals surface area contributed by atoms with Crippen molar-refractivity contribution >= 4 is 31.5 Å². The number of carboxylic acid groups (broad SMARTS) is 1. The van der Waals surface area contributed by atoms with Gasteiger partial charge in [-0.25, -0.2) is 4.57 Å². The molecule has 0 aliphatic heterocycles. The van der Waals surface area contributed by atoms with Crippen molar-refractivity contribution < 1.29 is 43.2 Å². The summed E-state index contributed by atoms with van der Waals surface area (Å²) in [6.45, 7) is 6.37. The van der Waals surface area contributed by atoms with Crippen molar-refractivity contribution in [1.82, 2.24) is 15.5 Å². The fourth-order valence-corrected chi connectivity index (χ4v) is 4.37. The normalized spacial score (nSPS) is 12.7. The number of carbonyl (C=O) groups is 4. The van der Waals surface area contributed by atoms with E-state index in [1.807, 2.05) is 0 Å². The van der Waals surface area contributed by atoms with Crippen LogP contribution in [0.3, 0.4) is 0 Å². The molecule has 12 nitrogen and oxygen atoms in total. The van der Waals surface area contributed by atoms with E-state index in [4.69, 9.17) is 9.79 Å². The fourth-order valence-electron chi connectivity index (χ4n) is 3.97. The van der Waals surface area contributed by atoms with E-state index < -0.39 is 37.7 Å². The maximum Gasteiger partial charge on any atom is 0.524 e. The minimum absolute atomic E-state index is 0.0121. The summed E-state index contributed by atoms with van der Waals surface area (Å²) < 4.78 is 15.5. The van der Waals surface area contributed by atoms with Crippen LogP contribution in [0.1, 0.15) is 77.7 Å². The van der Waals surface area contributed by atoms with Crippen LogP contribution >= 0.6 is 7.82 Å². The molecule has 0 fully saturated rings. The first-order chi connectivity index (χ1) is 18.4. The van der Waals surface area contributed by atoms with E-state index in [0.29, 0.717) is 18.7 Å². The third-order valence-corrected chi connectivity index (χ3v) is 6.37. The Kier molecular flexibility index (Phi) is 15.4. The minimum Gasteiger partial charge on any atom is -0.481 e. The van der Waals surface area contributed by atoms with E-state index in [1.54, 1.807) is 4.90 Å². The third kappa shape index (κ3) is 14.7. The van der Waals surface area contributed by atoms with Crippen molar-refractivity contribution in [2.75, 3.05) is 13.1 Å². The second-order valence-corrected chi connectivity index (χ2v) is 10.6. The van der Waals surface area contributed by atoms with Gasteiger partial charge in [0.25, 0.3) is 0 Å². The molecule has 39 heavy (non-hydrogen) atoms. The second kappa shape index (κ2) is 17.6. The highest BCUT2D eigenvalue weighted by molar-refractivity contribution is 7.46. The molecule has 0 bridgehead atoms. The number of amides is 3. The topological polar surface area (TPSA) is 183 Å². The van der Waals surface area contributed by atoms with E-state index in [-0.39, 0.29) is 30.9 Å². The molecule has 1 aromatic rings. The van der Waals surface area contributed by atoms with Gasteiger partial charge >= 0.3 is 13.8 Å². The zero-order valence-corrected chi connectivity index (χ0v) is 23.8. The average Bonchev–Trinajstić information content (AvgIpc) is 2.84. The summed E-state index contributed by atoms with van der Waals surface area (Å²) in [5, 5.41) is 14.4. The molecular formula is C26H42N3O9P. The Balaban J connectivity index is 3.10. The predicted octanol–water partition coefficient (Wildman–Crippen LogP) is 2.76. The number of hydrogen-bond acceptors (Lipinski definition) is 6. The molecule has 2 atom stereocenters. The lowest BCUT2D eigenvalue weighted by Crippen LogP contribution is -2.55. The Morgan fingerprint density at radius 1 is 0.923 bits per heavy atom. The van der Waals surface area contributed by atoms with Gasteiger partial charge in [-0.1, -0.05) is 51.7 Å². The van der Waals surface area contributed by atoms with Gasteiger partial charge in [-0.05, 0) is 37.0 Å². The average molecular weight is 572 g/mol. The Morgan fingerprint density at radius 3 is 1.95 bits per heavy atom. The van der Waals surface area contributed by atoms with Gasteiger partial charge in [0.2, 0.25) is 17.7 Å². The molecule has 0 unspecified atom stereocenters. The van der Waals surface area contributed by atoms with Crippen LogP contribution in [0.5, 0.6) is 5.75 Å². The number of nitrogens with zero attached hydrogens (tertiary/aromatic N) is 1. The molecule has 1 aromatic carbocycles. The molecule has 5 N–H and O–H groups in total. The highest BCUT2D eigenvalue weighted by Gasteiger charge is 2.29. The standard InChI is InChI=1S/C26H42N3O9P/c1-4-6-8-16-29(17-9-7-5-2)26(34)22(14-15-24(31)32)28-25(33)23(27-19(3)30)18-20-10-12-21(13-11-20)38-39(35,36)37/h10-13,22-23H,4-9,14-18H2,1-3H3,(H,27,30)(H,28,33)(H,31,32)(H2,35,36,37)/t22-,23+/m0/s1. The molecule has 0 radical (unpaired) electrons. The van der Waals surface area contributed by atoms with Gasteiger partial charge in [0.1, 0.15) is 17.8 Å². The molecule has 0 heterocycles. The van der Waals surface area contributed by atoms with Crippen LogP contribution < -0.4 is 15.2 Å². The summed E-state index contributed by atoms with van der Waals surface area (Å²) >= 11 is 0. The summed E-state index contributed by atoms with van der Waals surface area (Å²) in [7, 11) is -4.73. The highest BCUT2D eigenvalue weighted by atomic mass is 31.2. The lowest BCUT2D eigenvalue weighted by Gasteiger charge is -2.29. The molecule has 0 aromatic heterocycles. The molecule has 0 saturated heterocycles. The molecular weight excluding hydrogens is 529 g/mol. The molecule has 0 aliphatic rings. The smallest absolute Gasteiger partial charge is 0.481 e. The monoisotopic (exact) mass is 571 g/mol. The molecule has 0 aliphatic carbocycles. The summed E-state index contributed by atoms with van der Waals surface area (Å²) in [6, 6.07) is 3.46. The summed E-state index contributed by atoms with van der Waals surface area (Å²) in [5.74, 6) is -2.64. The van der Waals surface area contributed by atoms with Crippen molar-refractivity contribution in [1.29, 1.82) is 0 Å². The number of phosphoric ester groups is 1. The van der Waals surface area contributed by atoms with E-state index in [1.165, 1.54) is 31.2 Å². The van der Waals surface area contributed by atoms with Crippen LogP contribution in [-0.2, 0) is 30.2 Å². The van der Waals surface area contributed by atoms with Gasteiger partial charge < -0.3 is 25.2 Å². The first-order valence-corrected chi connectivity index (χ1v) is 14.8. The largest absolute Gasteiger partial charge is 0.524 e. The van der Waals surface area contributed by atoms with Gasteiger partial charge in [0.15, 0.2) is 0 Å². The first-order valence-electron chi connectivity index (χ1n) is 13.3. The molecule has 13 heteroatoms. The molecule has 0 saturated carbocycles. The number of rotatable bonds is 19. The highest BCUT2D eigenvalue weighted by Crippen LogP contribution is 2.37. The van der Waals surface area contributed by atoms with Gasteiger partial charge in [-0.2, -0.15) is 0 Å². The van der Waals surface area contributed by atoms with E-state index >= 15 is 0 Å². The molecule has 3 amide bonds. The number of carbonyl (C=O) groups excluding carboxylic acids is 3. The van der Waals surface area contributed by atoms with E-state index in [9.17, 15) is 28.8 Å². The van der Waals surface area contributed by atoms with E-state index in [0.717, 1.165) is 38.5 Å². The fraction of sp³-hybridized carbons (Fsp3) is 0.615. The van der Waals surface area contributed by atoms with Crippen LogP contribution in [0, 0.1) is 0 Å². The van der Waals surface area contributed by atoms with Crippen molar-refractivity contribution in [3.8, 4) is 5.75 Å². The van der Waals surface area contributed by atoms with Crippen molar-refractivity contribution in [3.05, 3.63) is 29.8 Å². The lowest BCUT2D eigenvalue weighted by atomic mass is 10.0. The molecule has 1 rings (SSSR count). The van der Waals surface area contributed by atoms with Crippen molar-refractivity contribution in [2.45, 2.75) is 90.6 Å². The molecule has 0 spiro atoms. The number of nitrogens with one attached hydrogen (secondary N) is 2. The summed E-state index contributed by atoms with van der Waals surface area (Å²) in [4.78, 5) is 69.5. The number of carboxylic acids is 1. The Labute approximate surface area is 229 Å². The number of hydrogen-bond donors (Lipinski definition) is 5.